The Balaban J connectivity index is 1.81. The summed E-state index contributed by atoms with van der Waals surface area (Å²) in [6.45, 7) is 12.4. The zero-order chi connectivity index (χ0) is 20.0. The number of hydrogen-bond acceptors (Lipinski definition) is 2. The van der Waals surface area contributed by atoms with Crippen molar-refractivity contribution in [2.75, 3.05) is 7.05 Å². The summed E-state index contributed by atoms with van der Waals surface area (Å²) in [5.74, 6) is 0.508. The molecule has 2 aliphatic heterocycles. The van der Waals surface area contributed by atoms with Crippen molar-refractivity contribution in [2.24, 2.45) is 0 Å². The first-order chi connectivity index (χ1) is 13.3. The molecule has 0 bridgehead atoms. The van der Waals surface area contributed by atoms with E-state index < -0.39 is 0 Å². The lowest BCUT2D eigenvalue weighted by molar-refractivity contribution is -0.696. The highest BCUT2D eigenvalue weighted by molar-refractivity contribution is 5.70. The van der Waals surface area contributed by atoms with Gasteiger partial charge < -0.3 is 10.0 Å². The normalized spacial score (nSPS) is 28.1. The fourth-order valence-corrected chi connectivity index (χ4v) is 5.53. The molecule has 3 unspecified atom stereocenters. The smallest absolute Gasteiger partial charge is 0.213 e. The Morgan fingerprint density at radius 1 is 1.21 bits per heavy atom. The van der Waals surface area contributed by atoms with Crippen LogP contribution < -0.4 is 4.57 Å². The lowest BCUT2D eigenvalue weighted by Gasteiger charge is -2.23. The molecule has 3 heteroatoms. The molecule has 28 heavy (non-hydrogen) atoms. The first kappa shape index (κ1) is 17.3. The molecule has 3 heterocycles. The van der Waals surface area contributed by atoms with E-state index in [2.05, 4.69) is 86.5 Å². The number of aryl methyl sites for hydroxylation is 3. The molecule has 3 nitrogen and oxygen atoms in total. The number of nitrogens with zero attached hydrogens (tertiary/aromatic N) is 2. The minimum absolute atomic E-state index is 0.148. The van der Waals surface area contributed by atoms with E-state index in [1.807, 2.05) is 6.92 Å². The van der Waals surface area contributed by atoms with Crippen LogP contribution >= 0.6 is 0 Å². The molecule has 0 saturated heterocycles. The topological polar surface area (TPSA) is 27.4 Å². The zero-order valence-corrected chi connectivity index (χ0v) is 17.2. The van der Waals surface area contributed by atoms with Crippen molar-refractivity contribution >= 4 is 0 Å². The van der Waals surface area contributed by atoms with Gasteiger partial charge in [0.25, 0.3) is 0 Å². The van der Waals surface area contributed by atoms with Gasteiger partial charge in [-0.3, -0.25) is 0 Å². The molecule has 1 spiro atoms. The molecule has 3 aliphatic rings. The summed E-state index contributed by atoms with van der Waals surface area (Å²) in [6, 6.07) is 9.47. The Kier molecular flexibility index (Phi) is 3.32. The highest BCUT2D eigenvalue weighted by Gasteiger charge is 2.77. The van der Waals surface area contributed by atoms with E-state index in [0.29, 0.717) is 12.0 Å². The van der Waals surface area contributed by atoms with Gasteiger partial charge in [-0.15, -0.1) is 0 Å². The van der Waals surface area contributed by atoms with E-state index in [1.165, 1.54) is 33.5 Å². The van der Waals surface area contributed by atoms with Crippen molar-refractivity contribution in [3.8, 4) is 11.3 Å². The van der Waals surface area contributed by atoms with Crippen LogP contribution in [0.25, 0.3) is 11.3 Å². The van der Waals surface area contributed by atoms with E-state index in [-0.39, 0.29) is 11.3 Å². The van der Waals surface area contributed by atoms with Crippen molar-refractivity contribution in [3.63, 3.8) is 0 Å². The molecule has 142 valence electrons. The summed E-state index contributed by atoms with van der Waals surface area (Å²) in [4.78, 5) is 2.35. The largest absolute Gasteiger partial charge is 0.508 e. The summed E-state index contributed by atoms with van der Waals surface area (Å²) in [7, 11) is 2.15. The fourth-order valence-electron chi connectivity index (χ4n) is 5.53. The van der Waals surface area contributed by atoms with Gasteiger partial charge in [0, 0.05) is 29.9 Å². The van der Waals surface area contributed by atoms with Gasteiger partial charge in [0.05, 0.1) is 11.5 Å². The first-order valence-electron chi connectivity index (χ1n) is 9.96. The summed E-state index contributed by atoms with van der Waals surface area (Å²) in [5, 5.41) is 10.2. The minimum Gasteiger partial charge on any atom is -0.508 e. The molecular weight excluding hydrogens is 344 g/mol. The Morgan fingerprint density at radius 3 is 2.61 bits per heavy atom. The van der Waals surface area contributed by atoms with E-state index >= 15 is 0 Å². The predicted molar refractivity (Wildman–Crippen MR) is 112 cm³/mol. The van der Waals surface area contributed by atoms with Gasteiger partial charge in [0.1, 0.15) is 11.3 Å². The van der Waals surface area contributed by atoms with Crippen LogP contribution in [0.4, 0.5) is 0 Å². The first-order valence-corrected chi connectivity index (χ1v) is 9.96. The lowest BCUT2D eigenvalue weighted by atomic mass is 9.93. The second-order valence-corrected chi connectivity index (χ2v) is 8.57. The third kappa shape index (κ3) is 1.92. The van der Waals surface area contributed by atoms with Crippen LogP contribution in [0.3, 0.4) is 0 Å². The molecule has 1 aromatic carbocycles. The Labute approximate surface area is 166 Å². The molecule has 5 rings (SSSR count). The summed E-state index contributed by atoms with van der Waals surface area (Å²) < 4.78 is 2.47. The zero-order valence-electron chi connectivity index (χ0n) is 17.2. The second-order valence-electron chi connectivity index (χ2n) is 8.57. The number of hydrogen-bond donors (Lipinski definition) is 1. The summed E-state index contributed by atoms with van der Waals surface area (Å²) in [5.41, 5.74) is 9.70. The van der Waals surface area contributed by atoms with E-state index in [0.717, 1.165) is 11.3 Å². The molecule has 0 amide bonds. The number of aliphatic hydroxyl groups is 1. The number of rotatable bonds is 1. The molecule has 2 aromatic rings. The molecule has 1 fully saturated rings. The van der Waals surface area contributed by atoms with Crippen LogP contribution in [-0.2, 0) is 0 Å². The van der Waals surface area contributed by atoms with Crippen LogP contribution in [0.5, 0.6) is 0 Å². The molecule has 1 aromatic heterocycles. The fraction of sp³-hybridized carbons (Fsp3) is 0.320. The average Bonchev–Trinajstić information content (AvgIpc) is 3.23. The van der Waals surface area contributed by atoms with Gasteiger partial charge in [-0.2, -0.15) is 4.57 Å². The van der Waals surface area contributed by atoms with Gasteiger partial charge in [0.15, 0.2) is 12.2 Å². The Morgan fingerprint density at radius 2 is 1.96 bits per heavy atom. The predicted octanol–water partition coefficient (Wildman–Crippen LogP) is 4.80. The average molecular weight is 372 g/mol. The molecule has 1 N–H and O–H groups in total. The number of aromatic nitrogens is 1. The van der Waals surface area contributed by atoms with Gasteiger partial charge in [-0.1, -0.05) is 30.4 Å². The maximum Gasteiger partial charge on any atom is 0.213 e. The van der Waals surface area contributed by atoms with Crippen LogP contribution in [0.1, 0.15) is 41.1 Å². The molecule has 1 aliphatic carbocycles. The van der Waals surface area contributed by atoms with Crippen molar-refractivity contribution < 1.29 is 9.67 Å². The van der Waals surface area contributed by atoms with E-state index in [4.69, 9.17) is 0 Å². The maximum absolute atomic E-state index is 10.2. The van der Waals surface area contributed by atoms with Crippen LogP contribution in [0.15, 0.2) is 66.2 Å². The van der Waals surface area contributed by atoms with Crippen molar-refractivity contribution in [2.45, 2.75) is 45.2 Å². The quantitative estimate of drug-likeness (QED) is 0.576. The lowest BCUT2D eigenvalue weighted by Crippen LogP contribution is -2.43. The minimum atomic E-state index is -0.164. The third-order valence-electron chi connectivity index (χ3n) is 7.06. The number of benzene rings is 1. The highest BCUT2D eigenvalue weighted by atomic mass is 16.3. The summed E-state index contributed by atoms with van der Waals surface area (Å²) in [6.07, 6.45) is 6.64. The number of pyridine rings is 1. The van der Waals surface area contributed by atoms with E-state index in [1.54, 1.807) is 0 Å². The van der Waals surface area contributed by atoms with Crippen molar-refractivity contribution in [1.82, 2.24) is 4.90 Å². The maximum atomic E-state index is 10.2. The number of likely N-dealkylation sites (N-methyl/N-ethyl adjacent to an activating group) is 1. The number of allylic oxidation sites excluding steroid dienone is 1. The Hall–Kier alpha value is -2.81. The van der Waals surface area contributed by atoms with Gasteiger partial charge in [-0.05, 0) is 51.0 Å². The second kappa shape index (κ2) is 5.38. The standard InChI is InChI=1S/C25H26N2O/c1-7-21-20(17(5)28)12-25(26(21)6)23-19-10-14(2)8-9-18(19)22-11-15(3)16(4)13-27(22)24(23)25/h7-13,23-24H,5H2,1-4,6H3/p+1/b21-7-. The van der Waals surface area contributed by atoms with Crippen LogP contribution in [0.2, 0.25) is 0 Å². The SMILES string of the molecule is C=C(O)C1=CC2(C3c4cc(C)ccc4-c4cc(C)c(C)c[n+]4C32)N(C)/C1=C\C. The van der Waals surface area contributed by atoms with E-state index in [9.17, 15) is 5.11 Å². The third-order valence-corrected chi connectivity index (χ3v) is 7.06. The van der Waals surface area contributed by atoms with Gasteiger partial charge in [0.2, 0.25) is 5.69 Å². The monoisotopic (exact) mass is 371 g/mol. The van der Waals surface area contributed by atoms with Crippen molar-refractivity contribution in [1.29, 1.82) is 0 Å². The van der Waals surface area contributed by atoms with Crippen LogP contribution in [0, 0.1) is 20.8 Å². The summed E-state index contributed by atoms with van der Waals surface area (Å²) >= 11 is 0. The Bertz CT molecular complexity index is 1120. The number of aliphatic hydroxyl groups excluding tert-OH is 1. The number of fused-ring (bicyclic) bond motifs is 8. The van der Waals surface area contributed by atoms with Crippen molar-refractivity contribution in [3.05, 3.63) is 88.5 Å². The van der Waals surface area contributed by atoms with Crippen LogP contribution in [-0.4, -0.2) is 22.6 Å². The highest BCUT2D eigenvalue weighted by Crippen LogP contribution is 2.69. The molecule has 3 atom stereocenters. The van der Waals surface area contributed by atoms with Gasteiger partial charge in [-0.25, -0.2) is 0 Å². The molecule has 1 saturated carbocycles. The molecular formula is C25H27N2O+. The molecule has 0 radical (unpaired) electrons. The van der Waals surface area contributed by atoms with Gasteiger partial charge >= 0.3 is 0 Å².